The van der Waals surface area contributed by atoms with Crippen LogP contribution in [0.2, 0.25) is 0 Å². The Hall–Kier alpha value is -2.94. The molecule has 3 rings (SSSR count). The highest BCUT2D eigenvalue weighted by atomic mass is 32.1. The lowest BCUT2D eigenvalue weighted by Crippen LogP contribution is -2.41. The van der Waals surface area contributed by atoms with E-state index in [1.54, 1.807) is 24.4 Å². The number of piperidine rings is 1. The lowest BCUT2D eigenvalue weighted by molar-refractivity contribution is -0.122. The van der Waals surface area contributed by atoms with Crippen LogP contribution in [0.4, 0.5) is 11.5 Å². The molecule has 8 nitrogen and oxygen atoms in total. The summed E-state index contributed by atoms with van der Waals surface area (Å²) in [7, 11) is 0. The van der Waals surface area contributed by atoms with E-state index >= 15 is 0 Å². The second kappa shape index (κ2) is 9.32. The average molecular weight is 401 g/mol. The van der Waals surface area contributed by atoms with E-state index in [9.17, 15) is 14.4 Å². The Bertz CT molecular complexity index is 823. The first-order valence-electron chi connectivity index (χ1n) is 9.15. The second-order valence-electron chi connectivity index (χ2n) is 6.62. The summed E-state index contributed by atoms with van der Waals surface area (Å²) in [6.45, 7) is 1.65. The summed E-state index contributed by atoms with van der Waals surface area (Å²) in [6, 6.07) is 7.14. The molecule has 0 aliphatic carbocycles. The van der Waals surface area contributed by atoms with Crippen LogP contribution in [0.3, 0.4) is 0 Å². The van der Waals surface area contributed by atoms with Crippen LogP contribution in [-0.4, -0.2) is 42.3 Å². The van der Waals surface area contributed by atoms with Gasteiger partial charge < -0.3 is 21.3 Å². The van der Waals surface area contributed by atoms with E-state index in [4.69, 9.17) is 5.73 Å². The fourth-order valence-electron chi connectivity index (χ4n) is 3.07. The SMILES string of the molecule is NC(=O)C1CCCN(c2ccc(NC(=O)CCNC(=O)c3cccs3)cn2)C1. The number of aromatic nitrogens is 1. The number of carbonyl (C=O) groups is 3. The minimum absolute atomic E-state index is 0.153. The van der Waals surface area contributed by atoms with E-state index in [0.29, 0.717) is 17.1 Å². The molecule has 1 unspecified atom stereocenters. The monoisotopic (exact) mass is 401 g/mol. The topological polar surface area (TPSA) is 117 Å². The van der Waals surface area contributed by atoms with Gasteiger partial charge in [-0.05, 0) is 36.4 Å². The molecule has 0 radical (unpaired) electrons. The highest BCUT2D eigenvalue weighted by Gasteiger charge is 2.24. The molecule has 4 N–H and O–H groups in total. The summed E-state index contributed by atoms with van der Waals surface area (Å²) < 4.78 is 0. The van der Waals surface area contributed by atoms with Crippen LogP contribution in [0.25, 0.3) is 0 Å². The van der Waals surface area contributed by atoms with Gasteiger partial charge in [0.1, 0.15) is 5.82 Å². The summed E-state index contributed by atoms with van der Waals surface area (Å²) in [5.41, 5.74) is 6.00. The molecule has 9 heteroatoms. The van der Waals surface area contributed by atoms with Crippen molar-refractivity contribution in [2.75, 3.05) is 29.9 Å². The third kappa shape index (κ3) is 5.29. The van der Waals surface area contributed by atoms with Crippen molar-refractivity contribution >= 4 is 40.6 Å². The molecule has 0 aromatic carbocycles. The van der Waals surface area contributed by atoms with E-state index in [2.05, 4.69) is 15.6 Å². The van der Waals surface area contributed by atoms with Crippen LogP contribution in [-0.2, 0) is 9.59 Å². The molecule has 148 valence electrons. The molecule has 3 amide bonds. The van der Waals surface area contributed by atoms with Gasteiger partial charge >= 0.3 is 0 Å². The van der Waals surface area contributed by atoms with Crippen molar-refractivity contribution in [1.29, 1.82) is 0 Å². The van der Waals surface area contributed by atoms with Crippen LogP contribution < -0.4 is 21.3 Å². The molecular formula is C19H23N5O3S. The van der Waals surface area contributed by atoms with Crippen molar-refractivity contribution in [3.05, 3.63) is 40.7 Å². The molecule has 1 aliphatic rings. The number of hydrogen-bond donors (Lipinski definition) is 3. The number of amides is 3. The molecule has 0 spiro atoms. The Balaban J connectivity index is 1.45. The predicted octanol–water partition coefficient (Wildman–Crippen LogP) is 1.60. The lowest BCUT2D eigenvalue weighted by atomic mass is 9.97. The van der Waals surface area contributed by atoms with Crippen LogP contribution in [0, 0.1) is 5.92 Å². The lowest BCUT2D eigenvalue weighted by Gasteiger charge is -2.32. The van der Waals surface area contributed by atoms with Crippen molar-refractivity contribution in [2.45, 2.75) is 19.3 Å². The van der Waals surface area contributed by atoms with Gasteiger partial charge in [0.25, 0.3) is 5.91 Å². The number of nitrogens with two attached hydrogens (primary N) is 1. The van der Waals surface area contributed by atoms with Gasteiger partial charge in [-0.25, -0.2) is 4.98 Å². The van der Waals surface area contributed by atoms with Gasteiger partial charge in [0.05, 0.1) is 22.7 Å². The van der Waals surface area contributed by atoms with Gasteiger partial charge in [0.15, 0.2) is 0 Å². The van der Waals surface area contributed by atoms with E-state index in [0.717, 1.165) is 25.2 Å². The van der Waals surface area contributed by atoms with Gasteiger partial charge in [-0.1, -0.05) is 6.07 Å². The van der Waals surface area contributed by atoms with Gasteiger partial charge in [-0.2, -0.15) is 0 Å². The number of pyridine rings is 1. The fraction of sp³-hybridized carbons (Fsp3) is 0.368. The molecule has 1 saturated heterocycles. The molecule has 0 bridgehead atoms. The normalized spacial score (nSPS) is 16.4. The summed E-state index contributed by atoms with van der Waals surface area (Å²) in [5.74, 6) is -0.0522. The summed E-state index contributed by atoms with van der Waals surface area (Å²) in [4.78, 5) is 42.3. The molecule has 1 atom stereocenters. The van der Waals surface area contributed by atoms with Crippen molar-refractivity contribution in [1.82, 2.24) is 10.3 Å². The number of nitrogens with one attached hydrogen (secondary N) is 2. The van der Waals surface area contributed by atoms with Crippen molar-refractivity contribution in [2.24, 2.45) is 11.7 Å². The fourth-order valence-corrected chi connectivity index (χ4v) is 3.71. The van der Waals surface area contributed by atoms with Gasteiger partial charge in [-0.15, -0.1) is 11.3 Å². The maximum atomic E-state index is 12.0. The van der Waals surface area contributed by atoms with Gasteiger partial charge in [0.2, 0.25) is 11.8 Å². The zero-order valence-electron chi connectivity index (χ0n) is 15.4. The maximum Gasteiger partial charge on any atom is 0.261 e. The molecule has 3 heterocycles. The Morgan fingerprint density at radius 3 is 2.82 bits per heavy atom. The number of primary amides is 1. The van der Waals surface area contributed by atoms with Crippen molar-refractivity contribution in [3.63, 3.8) is 0 Å². The first-order valence-corrected chi connectivity index (χ1v) is 10.0. The van der Waals surface area contributed by atoms with E-state index in [1.807, 2.05) is 16.3 Å². The maximum absolute atomic E-state index is 12.0. The minimum atomic E-state index is -0.278. The van der Waals surface area contributed by atoms with Gasteiger partial charge in [-0.3, -0.25) is 14.4 Å². The Kier molecular flexibility index (Phi) is 6.59. The second-order valence-corrected chi connectivity index (χ2v) is 7.57. The first kappa shape index (κ1) is 19.8. The third-order valence-corrected chi connectivity index (χ3v) is 5.43. The number of carbonyl (C=O) groups excluding carboxylic acids is 3. The number of rotatable bonds is 7. The van der Waals surface area contributed by atoms with Crippen LogP contribution in [0.5, 0.6) is 0 Å². The minimum Gasteiger partial charge on any atom is -0.369 e. The largest absolute Gasteiger partial charge is 0.369 e. The Labute approximate surface area is 167 Å². The highest BCUT2D eigenvalue weighted by molar-refractivity contribution is 7.12. The highest BCUT2D eigenvalue weighted by Crippen LogP contribution is 2.22. The van der Waals surface area contributed by atoms with E-state index in [-0.39, 0.29) is 36.6 Å². The molecule has 28 heavy (non-hydrogen) atoms. The molecule has 1 aliphatic heterocycles. The van der Waals surface area contributed by atoms with Crippen molar-refractivity contribution in [3.8, 4) is 0 Å². The van der Waals surface area contributed by atoms with Crippen LogP contribution >= 0.6 is 11.3 Å². The number of hydrogen-bond acceptors (Lipinski definition) is 6. The molecule has 1 fully saturated rings. The Morgan fingerprint density at radius 1 is 1.29 bits per heavy atom. The summed E-state index contributed by atoms with van der Waals surface area (Å²) in [6.07, 6.45) is 3.46. The van der Waals surface area contributed by atoms with E-state index < -0.39 is 0 Å². The quantitative estimate of drug-likeness (QED) is 0.651. The molecule has 2 aromatic rings. The standard InChI is InChI=1S/C19H23N5O3S/c20-18(26)13-3-1-9-24(12-13)16-6-5-14(11-22-16)23-17(25)7-8-21-19(27)15-4-2-10-28-15/h2,4-6,10-11,13H,1,3,7-9,12H2,(H2,20,26)(H,21,27)(H,23,25). The molecule has 0 saturated carbocycles. The predicted molar refractivity (Wildman–Crippen MR) is 108 cm³/mol. The number of nitrogens with zero attached hydrogens (tertiary/aromatic N) is 2. The zero-order chi connectivity index (χ0) is 19.9. The van der Waals surface area contributed by atoms with Gasteiger partial charge in [0, 0.05) is 26.1 Å². The van der Waals surface area contributed by atoms with E-state index in [1.165, 1.54) is 11.3 Å². The first-order chi connectivity index (χ1) is 13.5. The summed E-state index contributed by atoms with van der Waals surface area (Å²) >= 11 is 1.36. The third-order valence-electron chi connectivity index (χ3n) is 4.56. The zero-order valence-corrected chi connectivity index (χ0v) is 16.2. The average Bonchev–Trinajstić information content (AvgIpc) is 3.23. The smallest absolute Gasteiger partial charge is 0.261 e. The Morgan fingerprint density at radius 2 is 2.14 bits per heavy atom. The van der Waals surface area contributed by atoms with Crippen LogP contribution in [0.15, 0.2) is 35.8 Å². The molecule has 2 aromatic heterocycles. The molecular weight excluding hydrogens is 378 g/mol. The number of anilines is 2. The summed E-state index contributed by atoms with van der Waals surface area (Å²) in [5, 5.41) is 7.31. The van der Waals surface area contributed by atoms with Crippen LogP contribution in [0.1, 0.15) is 28.9 Å². The number of thiophene rings is 1. The van der Waals surface area contributed by atoms with Crippen molar-refractivity contribution < 1.29 is 14.4 Å².